The number of benzene rings is 2. The Kier molecular flexibility index (Phi) is 4.13. The zero-order chi connectivity index (χ0) is 20.3. The molecule has 1 fully saturated rings. The molecule has 2 atom stereocenters. The molecule has 6 rings (SSSR count). The molecule has 2 aliphatic carbocycles. The zero-order valence-corrected chi connectivity index (χ0v) is 19.2. The molecule has 0 nitrogen and oxygen atoms in total. The lowest BCUT2D eigenvalue weighted by atomic mass is 9.39. The van der Waals surface area contributed by atoms with Gasteiger partial charge in [0.1, 0.15) is 0 Å². The molecule has 0 radical (unpaired) electrons. The van der Waals surface area contributed by atoms with E-state index in [1.54, 1.807) is 20.9 Å². The molecule has 2 heteroatoms. The van der Waals surface area contributed by atoms with Crippen molar-refractivity contribution in [1.82, 2.24) is 0 Å². The minimum atomic E-state index is 0.0357. The Hall–Kier alpha value is -2.16. The molecule has 2 aliphatic rings. The third-order valence-electron chi connectivity index (χ3n) is 7.53. The normalized spacial score (nSPS) is 23.9. The van der Waals surface area contributed by atoms with Crippen molar-refractivity contribution in [3.8, 4) is 9.75 Å². The van der Waals surface area contributed by atoms with Crippen LogP contribution in [0.25, 0.3) is 9.75 Å². The maximum atomic E-state index is 2.55. The van der Waals surface area contributed by atoms with Crippen molar-refractivity contribution >= 4 is 22.7 Å². The first-order valence-electron chi connectivity index (χ1n) is 11.1. The lowest BCUT2D eigenvalue weighted by Crippen LogP contribution is -2.60. The smallest absolute Gasteiger partial charge is 0.0490 e. The SMILES string of the molecule is CCc1cc2c(s1)-c1sc(CC)cc1C1(c3ccccc3)CCC21c1ccccc1. The van der Waals surface area contributed by atoms with Crippen LogP contribution in [0.4, 0.5) is 0 Å². The van der Waals surface area contributed by atoms with E-state index in [1.165, 1.54) is 33.7 Å². The summed E-state index contributed by atoms with van der Waals surface area (Å²) in [5, 5.41) is 0. The van der Waals surface area contributed by atoms with E-state index in [4.69, 9.17) is 0 Å². The molecule has 150 valence electrons. The average molecular weight is 427 g/mol. The fourth-order valence-corrected chi connectivity index (χ4v) is 8.60. The molecule has 2 heterocycles. The lowest BCUT2D eigenvalue weighted by Gasteiger charge is -2.63. The van der Waals surface area contributed by atoms with Gasteiger partial charge in [0.2, 0.25) is 0 Å². The van der Waals surface area contributed by atoms with Crippen molar-refractivity contribution in [3.63, 3.8) is 0 Å². The third-order valence-corrected chi connectivity index (χ3v) is 10.2. The monoisotopic (exact) mass is 426 g/mol. The second-order valence-corrected chi connectivity index (χ2v) is 10.9. The summed E-state index contributed by atoms with van der Waals surface area (Å²) in [4.78, 5) is 6.12. The number of thiophene rings is 2. The Morgan fingerprint density at radius 1 is 0.633 bits per heavy atom. The van der Waals surface area contributed by atoms with Crippen molar-refractivity contribution in [1.29, 1.82) is 0 Å². The summed E-state index contributed by atoms with van der Waals surface area (Å²) in [5.41, 5.74) is 6.21. The summed E-state index contributed by atoms with van der Waals surface area (Å²) in [7, 11) is 0. The fourth-order valence-electron chi connectivity index (χ4n) is 6.10. The van der Waals surface area contributed by atoms with E-state index in [-0.39, 0.29) is 10.8 Å². The summed E-state index contributed by atoms with van der Waals surface area (Å²) in [6.45, 7) is 4.59. The van der Waals surface area contributed by atoms with Crippen LogP contribution in [0.2, 0.25) is 0 Å². The van der Waals surface area contributed by atoms with Crippen LogP contribution < -0.4 is 0 Å². The number of rotatable bonds is 4. The number of hydrogen-bond acceptors (Lipinski definition) is 2. The molecule has 2 aromatic heterocycles. The second kappa shape index (κ2) is 6.67. The average Bonchev–Trinajstić information content (AvgIpc) is 3.40. The second-order valence-electron chi connectivity index (χ2n) is 8.66. The predicted octanol–water partition coefficient (Wildman–Crippen LogP) is 7.98. The Morgan fingerprint density at radius 3 is 1.37 bits per heavy atom. The molecule has 0 amide bonds. The zero-order valence-electron chi connectivity index (χ0n) is 17.6. The highest BCUT2D eigenvalue weighted by Gasteiger charge is 2.66. The van der Waals surface area contributed by atoms with Crippen LogP contribution in [-0.4, -0.2) is 0 Å². The number of fused-ring (bicyclic) bond motifs is 6. The molecule has 4 aromatic rings. The van der Waals surface area contributed by atoms with Crippen LogP contribution in [0.15, 0.2) is 72.8 Å². The van der Waals surface area contributed by atoms with Crippen LogP contribution in [0.5, 0.6) is 0 Å². The van der Waals surface area contributed by atoms with E-state index in [2.05, 4.69) is 86.6 Å². The number of hydrogen-bond donors (Lipinski definition) is 0. The van der Waals surface area contributed by atoms with Crippen molar-refractivity contribution in [3.05, 3.63) is 105 Å². The van der Waals surface area contributed by atoms with Crippen molar-refractivity contribution < 1.29 is 0 Å². The van der Waals surface area contributed by atoms with E-state index in [0.717, 1.165) is 12.8 Å². The Labute approximate surface area is 187 Å². The topological polar surface area (TPSA) is 0 Å². The van der Waals surface area contributed by atoms with E-state index in [1.807, 2.05) is 22.7 Å². The van der Waals surface area contributed by atoms with Gasteiger partial charge in [0, 0.05) is 30.3 Å². The molecule has 2 unspecified atom stereocenters. The van der Waals surface area contributed by atoms with Crippen LogP contribution in [0, 0.1) is 0 Å². The highest BCUT2D eigenvalue weighted by atomic mass is 32.1. The highest BCUT2D eigenvalue weighted by molar-refractivity contribution is 7.22. The molecule has 0 aliphatic heterocycles. The fraction of sp³-hybridized carbons (Fsp3) is 0.286. The quantitative estimate of drug-likeness (QED) is 0.310. The standard InChI is InChI=1S/C28H26S2/c1-3-21-17-23-25(29-21)26-24(18-22(4-2)30-26)28(20-13-9-6-10-14-20)16-15-27(23,28)19-11-7-5-8-12-19/h5-14,17-18H,3-4,15-16H2,1-2H3. The first-order chi connectivity index (χ1) is 14.7. The molecule has 0 N–H and O–H groups in total. The van der Waals surface area contributed by atoms with E-state index in [9.17, 15) is 0 Å². The summed E-state index contributed by atoms with van der Waals surface area (Å²) in [6, 6.07) is 27.8. The molecular weight excluding hydrogens is 400 g/mol. The molecule has 2 aromatic carbocycles. The Morgan fingerprint density at radius 2 is 1.03 bits per heavy atom. The van der Waals surface area contributed by atoms with Crippen molar-refractivity contribution in [2.75, 3.05) is 0 Å². The van der Waals surface area contributed by atoms with Gasteiger partial charge >= 0.3 is 0 Å². The first kappa shape index (κ1) is 18.6. The van der Waals surface area contributed by atoms with E-state index >= 15 is 0 Å². The maximum absolute atomic E-state index is 2.55. The summed E-state index contributed by atoms with van der Waals surface area (Å²) < 4.78 is 0. The van der Waals surface area contributed by atoms with E-state index in [0.29, 0.717) is 0 Å². The van der Waals surface area contributed by atoms with Gasteiger partial charge in [0.05, 0.1) is 0 Å². The van der Waals surface area contributed by atoms with Gasteiger partial charge in [0.15, 0.2) is 0 Å². The molecule has 1 saturated carbocycles. The van der Waals surface area contributed by atoms with Gasteiger partial charge in [0.25, 0.3) is 0 Å². The molecule has 0 spiro atoms. The largest absolute Gasteiger partial charge is 0.139 e. The van der Waals surface area contributed by atoms with Crippen molar-refractivity contribution in [2.24, 2.45) is 0 Å². The minimum Gasteiger partial charge on any atom is -0.139 e. The van der Waals surface area contributed by atoms with Crippen molar-refractivity contribution in [2.45, 2.75) is 50.4 Å². The first-order valence-corrected chi connectivity index (χ1v) is 12.8. The van der Waals surface area contributed by atoms with Gasteiger partial charge in [-0.1, -0.05) is 74.5 Å². The van der Waals surface area contributed by atoms with Gasteiger partial charge in [-0.2, -0.15) is 0 Å². The Bertz CT molecular complexity index is 1120. The highest BCUT2D eigenvalue weighted by Crippen LogP contribution is 2.72. The summed E-state index contributed by atoms with van der Waals surface area (Å²) >= 11 is 4.08. The third kappa shape index (κ3) is 2.16. The van der Waals surface area contributed by atoms with Crippen LogP contribution in [0.3, 0.4) is 0 Å². The molecular formula is C28H26S2. The predicted molar refractivity (Wildman–Crippen MR) is 130 cm³/mol. The maximum Gasteiger partial charge on any atom is 0.0490 e. The molecule has 30 heavy (non-hydrogen) atoms. The van der Waals surface area contributed by atoms with Gasteiger partial charge in [-0.05, 0) is 60.1 Å². The van der Waals surface area contributed by atoms with E-state index < -0.39 is 0 Å². The summed E-state index contributed by atoms with van der Waals surface area (Å²) in [6.07, 6.45) is 4.66. The minimum absolute atomic E-state index is 0.0357. The Balaban J connectivity index is 1.76. The lowest BCUT2D eigenvalue weighted by molar-refractivity contribution is 0.150. The van der Waals surface area contributed by atoms with Crippen LogP contribution >= 0.6 is 22.7 Å². The van der Waals surface area contributed by atoms with Gasteiger partial charge in [-0.15, -0.1) is 22.7 Å². The van der Waals surface area contributed by atoms with Gasteiger partial charge < -0.3 is 0 Å². The summed E-state index contributed by atoms with van der Waals surface area (Å²) in [5.74, 6) is 0. The van der Waals surface area contributed by atoms with Gasteiger partial charge in [-0.25, -0.2) is 0 Å². The van der Waals surface area contributed by atoms with Gasteiger partial charge in [-0.3, -0.25) is 0 Å². The van der Waals surface area contributed by atoms with Crippen LogP contribution in [0.1, 0.15) is 58.7 Å². The molecule has 0 bridgehead atoms. The van der Waals surface area contributed by atoms with Crippen LogP contribution in [-0.2, 0) is 23.7 Å². The molecule has 0 saturated heterocycles. The number of aryl methyl sites for hydroxylation is 2.